The molecule has 1 heterocycles. The summed E-state index contributed by atoms with van der Waals surface area (Å²) in [5, 5.41) is 3.03. The predicted octanol–water partition coefficient (Wildman–Crippen LogP) is 3.84. The van der Waals surface area contributed by atoms with E-state index in [-0.39, 0.29) is 11.8 Å². The summed E-state index contributed by atoms with van der Waals surface area (Å²) >= 11 is 0. The Balaban J connectivity index is 1.34. The number of nitrogens with zero attached hydrogens (tertiary/aromatic N) is 1. The van der Waals surface area contributed by atoms with Gasteiger partial charge in [0.15, 0.2) is 11.5 Å². The predicted molar refractivity (Wildman–Crippen MR) is 127 cm³/mol. The van der Waals surface area contributed by atoms with E-state index in [0.717, 1.165) is 18.6 Å². The molecule has 0 atom stereocenters. The summed E-state index contributed by atoms with van der Waals surface area (Å²) in [6.45, 7) is 4.56. The second-order valence-corrected chi connectivity index (χ2v) is 8.37. The second-order valence-electron chi connectivity index (χ2n) is 8.37. The molecule has 1 aliphatic heterocycles. The van der Waals surface area contributed by atoms with Gasteiger partial charge in [0.25, 0.3) is 5.91 Å². The topological polar surface area (TPSA) is 77.1 Å². The Kier molecular flexibility index (Phi) is 8.98. The molecular formula is C26H34N2O5. The second kappa shape index (κ2) is 12.1. The largest absolute Gasteiger partial charge is 0.494 e. The number of carbonyl (C=O) groups excluding carboxylic acids is 2. The Morgan fingerprint density at radius 3 is 2.36 bits per heavy atom. The van der Waals surface area contributed by atoms with Crippen molar-refractivity contribution in [3.8, 4) is 17.2 Å². The van der Waals surface area contributed by atoms with Crippen LogP contribution in [0, 0.1) is 12.8 Å². The van der Waals surface area contributed by atoms with Crippen LogP contribution < -0.4 is 19.5 Å². The number of benzene rings is 2. The smallest absolute Gasteiger partial charge is 0.253 e. The Hall–Kier alpha value is -3.22. The highest BCUT2D eigenvalue weighted by molar-refractivity contribution is 5.95. The summed E-state index contributed by atoms with van der Waals surface area (Å²) in [7, 11) is 3.13. The molecule has 1 aliphatic rings. The number of amides is 2. The van der Waals surface area contributed by atoms with Crippen molar-refractivity contribution in [2.24, 2.45) is 5.92 Å². The molecule has 1 saturated heterocycles. The highest BCUT2D eigenvalue weighted by Gasteiger charge is 2.24. The summed E-state index contributed by atoms with van der Waals surface area (Å²) in [5.74, 6) is 2.40. The number of piperidine rings is 1. The number of hydrogen-bond acceptors (Lipinski definition) is 5. The first-order valence-electron chi connectivity index (χ1n) is 11.5. The van der Waals surface area contributed by atoms with Gasteiger partial charge in [-0.05, 0) is 62.4 Å². The SMILES string of the molecule is COc1ccc(C(=O)N2CCC(CNC(=O)CCCOc3ccc(C)cc3)CC2)cc1OC. The van der Waals surface area contributed by atoms with E-state index in [2.05, 4.69) is 5.32 Å². The average Bonchev–Trinajstić information content (AvgIpc) is 2.85. The van der Waals surface area contributed by atoms with Crippen LogP contribution in [0.2, 0.25) is 0 Å². The van der Waals surface area contributed by atoms with Gasteiger partial charge in [-0.25, -0.2) is 0 Å². The summed E-state index contributed by atoms with van der Waals surface area (Å²) in [6, 6.07) is 13.1. The maximum absolute atomic E-state index is 12.9. The van der Waals surface area contributed by atoms with Crippen molar-refractivity contribution in [3.63, 3.8) is 0 Å². The van der Waals surface area contributed by atoms with E-state index >= 15 is 0 Å². The lowest BCUT2D eigenvalue weighted by Crippen LogP contribution is -2.41. The third-order valence-electron chi connectivity index (χ3n) is 5.96. The Morgan fingerprint density at radius 1 is 1.00 bits per heavy atom. The van der Waals surface area contributed by atoms with E-state index in [1.165, 1.54) is 5.56 Å². The van der Waals surface area contributed by atoms with Crippen molar-refractivity contribution in [1.29, 1.82) is 0 Å². The first-order chi connectivity index (χ1) is 16.0. The van der Waals surface area contributed by atoms with Gasteiger partial charge in [-0.2, -0.15) is 0 Å². The minimum absolute atomic E-state index is 0.00739. The van der Waals surface area contributed by atoms with Gasteiger partial charge in [-0.15, -0.1) is 0 Å². The number of ether oxygens (including phenoxy) is 3. The number of hydrogen-bond donors (Lipinski definition) is 1. The first kappa shape index (κ1) is 24.4. The lowest BCUT2D eigenvalue weighted by molar-refractivity contribution is -0.121. The molecule has 2 aromatic rings. The minimum Gasteiger partial charge on any atom is -0.494 e. The van der Waals surface area contributed by atoms with Gasteiger partial charge in [0.05, 0.1) is 20.8 Å². The number of methoxy groups -OCH3 is 2. The maximum Gasteiger partial charge on any atom is 0.253 e. The van der Waals surface area contributed by atoms with Crippen LogP contribution in [-0.2, 0) is 4.79 Å². The third kappa shape index (κ3) is 7.14. The van der Waals surface area contributed by atoms with Crippen LogP contribution >= 0.6 is 0 Å². The van der Waals surface area contributed by atoms with E-state index in [1.54, 1.807) is 32.4 Å². The Labute approximate surface area is 196 Å². The van der Waals surface area contributed by atoms with Gasteiger partial charge in [-0.1, -0.05) is 17.7 Å². The summed E-state index contributed by atoms with van der Waals surface area (Å²) < 4.78 is 16.2. The zero-order chi connectivity index (χ0) is 23.6. The number of rotatable bonds is 10. The standard InChI is InChI=1S/C26H34N2O5/c1-19-6-9-22(10-7-19)33-16-4-5-25(29)27-18-20-12-14-28(15-13-20)26(30)21-8-11-23(31-2)24(17-21)32-3/h6-11,17,20H,4-5,12-16,18H2,1-3H3,(H,27,29). The fraction of sp³-hybridized carbons (Fsp3) is 0.462. The monoisotopic (exact) mass is 454 g/mol. The normalized spacial score (nSPS) is 14.0. The molecule has 7 heteroatoms. The zero-order valence-corrected chi connectivity index (χ0v) is 19.8. The summed E-state index contributed by atoms with van der Waals surface area (Å²) in [4.78, 5) is 26.9. The van der Waals surface area contributed by atoms with E-state index in [9.17, 15) is 9.59 Å². The van der Waals surface area contributed by atoms with Crippen LogP contribution in [0.3, 0.4) is 0 Å². The molecular weight excluding hydrogens is 420 g/mol. The van der Waals surface area contributed by atoms with Crippen LogP contribution in [0.5, 0.6) is 17.2 Å². The maximum atomic E-state index is 12.9. The van der Waals surface area contributed by atoms with Crippen LogP contribution in [0.4, 0.5) is 0 Å². The van der Waals surface area contributed by atoms with Crippen molar-refractivity contribution in [2.45, 2.75) is 32.6 Å². The molecule has 0 bridgehead atoms. The van der Waals surface area contributed by atoms with Gasteiger partial charge >= 0.3 is 0 Å². The van der Waals surface area contributed by atoms with Crippen LogP contribution in [0.15, 0.2) is 42.5 Å². The van der Waals surface area contributed by atoms with Crippen molar-refractivity contribution in [3.05, 3.63) is 53.6 Å². The molecule has 0 saturated carbocycles. The fourth-order valence-electron chi connectivity index (χ4n) is 3.90. The Morgan fingerprint density at radius 2 is 1.70 bits per heavy atom. The molecule has 0 unspecified atom stereocenters. The molecule has 7 nitrogen and oxygen atoms in total. The summed E-state index contributed by atoms with van der Waals surface area (Å²) in [6.07, 6.45) is 2.87. The van der Waals surface area contributed by atoms with Gasteiger partial charge in [0.1, 0.15) is 5.75 Å². The highest BCUT2D eigenvalue weighted by Crippen LogP contribution is 2.28. The summed E-state index contributed by atoms with van der Waals surface area (Å²) in [5.41, 5.74) is 1.78. The quantitative estimate of drug-likeness (QED) is 0.552. The highest BCUT2D eigenvalue weighted by atomic mass is 16.5. The molecule has 0 spiro atoms. The molecule has 3 rings (SSSR count). The Bertz CT molecular complexity index is 921. The lowest BCUT2D eigenvalue weighted by Gasteiger charge is -2.32. The molecule has 2 aromatic carbocycles. The van der Waals surface area contributed by atoms with Crippen molar-refractivity contribution >= 4 is 11.8 Å². The molecule has 33 heavy (non-hydrogen) atoms. The molecule has 0 aliphatic carbocycles. The van der Waals surface area contributed by atoms with Crippen molar-refractivity contribution in [2.75, 3.05) is 40.5 Å². The van der Waals surface area contributed by atoms with E-state index in [4.69, 9.17) is 14.2 Å². The fourth-order valence-corrected chi connectivity index (χ4v) is 3.90. The van der Waals surface area contributed by atoms with Crippen molar-refractivity contribution < 1.29 is 23.8 Å². The number of likely N-dealkylation sites (tertiary alicyclic amines) is 1. The number of carbonyl (C=O) groups is 2. The molecule has 0 aromatic heterocycles. The lowest BCUT2D eigenvalue weighted by atomic mass is 9.96. The number of nitrogens with one attached hydrogen (secondary N) is 1. The minimum atomic E-state index is -0.00739. The van der Waals surface area contributed by atoms with Gasteiger partial charge < -0.3 is 24.4 Å². The first-order valence-corrected chi connectivity index (χ1v) is 11.5. The number of aryl methyl sites for hydroxylation is 1. The molecule has 0 radical (unpaired) electrons. The molecule has 1 fully saturated rings. The van der Waals surface area contributed by atoms with Gasteiger partial charge in [0.2, 0.25) is 5.91 Å². The molecule has 2 amide bonds. The van der Waals surface area contributed by atoms with Crippen LogP contribution in [0.1, 0.15) is 41.6 Å². The average molecular weight is 455 g/mol. The van der Waals surface area contributed by atoms with E-state index < -0.39 is 0 Å². The van der Waals surface area contributed by atoms with Crippen molar-refractivity contribution in [1.82, 2.24) is 10.2 Å². The van der Waals surface area contributed by atoms with Crippen LogP contribution in [-0.4, -0.2) is 57.2 Å². The van der Waals surface area contributed by atoms with E-state index in [1.807, 2.05) is 36.1 Å². The third-order valence-corrected chi connectivity index (χ3v) is 5.96. The molecule has 1 N–H and O–H groups in total. The van der Waals surface area contributed by atoms with E-state index in [0.29, 0.717) is 62.1 Å². The zero-order valence-electron chi connectivity index (χ0n) is 19.8. The van der Waals surface area contributed by atoms with Crippen LogP contribution in [0.25, 0.3) is 0 Å². The molecule has 178 valence electrons. The van der Waals surface area contributed by atoms with Gasteiger partial charge in [-0.3, -0.25) is 9.59 Å². The van der Waals surface area contributed by atoms with Gasteiger partial charge in [0, 0.05) is 31.6 Å².